The molecule has 1 aromatic carbocycles. The average molecular weight is 201 g/mol. The summed E-state index contributed by atoms with van der Waals surface area (Å²) in [5, 5.41) is 4.41. The van der Waals surface area contributed by atoms with Crippen LogP contribution in [0.3, 0.4) is 0 Å². The van der Waals surface area contributed by atoms with Gasteiger partial charge in [-0.15, -0.1) is 11.8 Å². The minimum Gasteiger partial charge on any atom is -0.340 e. The van der Waals surface area contributed by atoms with Crippen LogP contribution in [-0.2, 0) is 6.42 Å². The van der Waals surface area contributed by atoms with Gasteiger partial charge in [-0.3, -0.25) is 0 Å². The van der Waals surface area contributed by atoms with Crippen LogP contribution in [0.25, 0.3) is 0 Å². The van der Waals surface area contributed by atoms with Crippen LogP contribution in [0.4, 0.5) is 5.69 Å². The monoisotopic (exact) mass is 201 g/mol. The number of anilines is 1. The standard InChI is InChI=1S/C12H11NS/c1-2-5-12-10(4-1)8-11-9-14-7-3-6-13(11)12/h1-5,7,9H,6,8H2. The van der Waals surface area contributed by atoms with Crippen LogP contribution in [0.5, 0.6) is 0 Å². The Labute approximate surface area is 88.1 Å². The van der Waals surface area contributed by atoms with Crippen molar-refractivity contribution in [3.63, 3.8) is 0 Å². The van der Waals surface area contributed by atoms with Gasteiger partial charge in [-0.05, 0) is 22.4 Å². The van der Waals surface area contributed by atoms with Crippen molar-refractivity contribution < 1.29 is 0 Å². The number of fused-ring (bicyclic) bond motifs is 3. The van der Waals surface area contributed by atoms with Gasteiger partial charge in [-0.2, -0.15) is 0 Å². The Hall–Kier alpha value is -1.15. The van der Waals surface area contributed by atoms with Gasteiger partial charge in [0.25, 0.3) is 0 Å². The molecule has 1 nitrogen and oxygen atoms in total. The van der Waals surface area contributed by atoms with Gasteiger partial charge in [0.2, 0.25) is 0 Å². The summed E-state index contributed by atoms with van der Waals surface area (Å²) in [5.41, 5.74) is 4.27. The summed E-state index contributed by atoms with van der Waals surface area (Å²) in [5.74, 6) is 0. The molecular formula is C12H11NS. The van der Waals surface area contributed by atoms with Crippen molar-refractivity contribution in [1.82, 2.24) is 0 Å². The molecule has 2 aliphatic heterocycles. The summed E-state index contributed by atoms with van der Waals surface area (Å²) in [6, 6.07) is 8.66. The molecule has 1 aromatic rings. The molecule has 0 bridgehead atoms. The summed E-state index contributed by atoms with van der Waals surface area (Å²) in [4.78, 5) is 2.39. The quantitative estimate of drug-likeness (QED) is 0.634. The number of nitrogens with zero attached hydrogens (tertiary/aromatic N) is 1. The minimum absolute atomic E-state index is 1.01. The average Bonchev–Trinajstić information content (AvgIpc) is 2.42. The van der Waals surface area contributed by atoms with Crippen molar-refractivity contribution in [2.75, 3.05) is 11.4 Å². The van der Waals surface area contributed by atoms with Gasteiger partial charge < -0.3 is 4.90 Å². The second kappa shape index (κ2) is 3.21. The molecule has 0 saturated carbocycles. The van der Waals surface area contributed by atoms with E-state index in [1.54, 1.807) is 11.8 Å². The van der Waals surface area contributed by atoms with Gasteiger partial charge in [0, 0.05) is 24.4 Å². The topological polar surface area (TPSA) is 3.24 Å². The third-order valence-electron chi connectivity index (χ3n) is 2.67. The van der Waals surface area contributed by atoms with Gasteiger partial charge in [0.05, 0.1) is 0 Å². The van der Waals surface area contributed by atoms with Crippen molar-refractivity contribution in [3.8, 4) is 0 Å². The number of hydrogen-bond donors (Lipinski definition) is 0. The molecule has 14 heavy (non-hydrogen) atoms. The van der Waals surface area contributed by atoms with Crippen LogP contribution >= 0.6 is 11.8 Å². The number of rotatable bonds is 0. The highest BCUT2D eigenvalue weighted by atomic mass is 32.2. The summed E-state index contributed by atoms with van der Waals surface area (Å²) < 4.78 is 0. The first kappa shape index (κ1) is 8.18. The third kappa shape index (κ3) is 1.18. The van der Waals surface area contributed by atoms with Crippen molar-refractivity contribution in [1.29, 1.82) is 0 Å². The van der Waals surface area contributed by atoms with Crippen LogP contribution in [0.2, 0.25) is 0 Å². The molecule has 2 aliphatic rings. The molecule has 0 fully saturated rings. The van der Waals surface area contributed by atoms with Crippen LogP contribution in [0.15, 0.2) is 46.9 Å². The fraction of sp³-hybridized carbons (Fsp3) is 0.167. The summed E-state index contributed by atoms with van der Waals surface area (Å²) in [7, 11) is 0. The Bertz CT molecular complexity index is 420. The van der Waals surface area contributed by atoms with Gasteiger partial charge in [0.15, 0.2) is 0 Å². The third-order valence-corrected chi connectivity index (χ3v) is 3.43. The smallest absolute Gasteiger partial charge is 0.0447 e. The van der Waals surface area contributed by atoms with Crippen LogP contribution in [0.1, 0.15) is 5.56 Å². The highest BCUT2D eigenvalue weighted by Gasteiger charge is 2.22. The Balaban J connectivity index is 2.09. The molecule has 2 heterocycles. The molecule has 0 aromatic heterocycles. The molecule has 0 unspecified atom stereocenters. The zero-order valence-electron chi connectivity index (χ0n) is 7.81. The van der Waals surface area contributed by atoms with Crippen LogP contribution < -0.4 is 4.90 Å². The van der Waals surface area contributed by atoms with Crippen LogP contribution in [0, 0.1) is 0 Å². The van der Waals surface area contributed by atoms with E-state index in [0.717, 1.165) is 13.0 Å². The van der Waals surface area contributed by atoms with E-state index in [1.165, 1.54) is 16.9 Å². The SMILES string of the molecule is C1=CSC=C2Cc3ccccc3N2C1. The zero-order valence-corrected chi connectivity index (χ0v) is 8.63. The van der Waals surface area contributed by atoms with Gasteiger partial charge in [-0.25, -0.2) is 0 Å². The van der Waals surface area contributed by atoms with E-state index < -0.39 is 0 Å². The number of allylic oxidation sites excluding steroid dienone is 1. The number of benzene rings is 1. The van der Waals surface area contributed by atoms with E-state index in [0.29, 0.717) is 0 Å². The second-order valence-electron chi connectivity index (χ2n) is 3.53. The predicted octanol–water partition coefficient (Wildman–Crippen LogP) is 3.15. The van der Waals surface area contributed by atoms with Gasteiger partial charge in [0.1, 0.15) is 0 Å². The maximum absolute atomic E-state index is 2.39. The summed E-state index contributed by atoms with van der Waals surface area (Å²) in [6.45, 7) is 1.01. The van der Waals surface area contributed by atoms with Crippen LogP contribution in [-0.4, -0.2) is 6.54 Å². The lowest BCUT2D eigenvalue weighted by molar-refractivity contribution is 1.03. The van der Waals surface area contributed by atoms with Gasteiger partial charge >= 0.3 is 0 Å². The highest BCUT2D eigenvalue weighted by Crippen LogP contribution is 2.36. The first-order valence-corrected chi connectivity index (χ1v) is 5.74. The normalized spacial score (nSPS) is 18.6. The number of hydrogen-bond acceptors (Lipinski definition) is 2. The van der Waals surface area contributed by atoms with E-state index in [-0.39, 0.29) is 0 Å². The molecule has 2 heteroatoms. The van der Waals surface area contributed by atoms with Gasteiger partial charge in [-0.1, -0.05) is 24.3 Å². The Morgan fingerprint density at radius 3 is 3.14 bits per heavy atom. The highest BCUT2D eigenvalue weighted by molar-refractivity contribution is 8.04. The van der Waals surface area contributed by atoms with E-state index in [9.17, 15) is 0 Å². The van der Waals surface area contributed by atoms with Crippen molar-refractivity contribution in [3.05, 3.63) is 52.4 Å². The first-order chi connectivity index (χ1) is 6.95. The predicted molar refractivity (Wildman–Crippen MR) is 62.3 cm³/mol. The molecule has 0 N–H and O–H groups in total. The van der Waals surface area contributed by atoms with E-state index in [2.05, 4.69) is 46.1 Å². The molecule has 0 aliphatic carbocycles. The molecule has 3 rings (SSSR count). The maximum atomic E-state index is 2.39. The van der Waals surface area contributed by atoms with E-state index in [1.807, 2.05) is 0 Å². The van der Waals surface area contributed by atoms with Crippen molar-refractivity contribution >= 4 is 17.4 Å². The molecule has 0 radical (unpaired) electrons. The number of para-hydroxylation sites is 1. The Morgan fingerprint density at radius 1 is 1.21 bits per heavy atom. The molecular weight excluding hydrogens is 190 g/mol. The molecule has 70 valence electrons. The Morgan fingerprint density at radius 2 is 2.14 bits per heavy atom. The minimum atomic E-state index is 1.01. The molecule has 0 spiro atoms. The lowest BCUT2D eigenvalue weighted by atomic mass is 10.1. The fourth-order valence-electron chi connectivity index (χ4n) is 2.01. The van der Waals surface area contributed by atoms with Crippen molar-refractivity contribution in [2.45, 2.75) is 6.42 Å². The lowest BCUT2D eigenvalue weighted by Crippen LogP contribution is -2.17. The zero-order chi connectivity index (χ0) is 9.38. The fourth-order valence-corrected chi connectivity index (χ4v) is 2.66. The molecule has 0 saturated heterocycles. The van der Waals surface area contributed by atoms with E-state index >= 15 is 0 Å². The maximum Gasteiger partial charge on any atom is 0.0447 e. The summed E-state index contributed by atoms with van der Waals surface area (Å²) >= 11 is 1.78. The summed E-state index contributed by atoms with van der Waals surface area (Å²) in [6.07, 6.45) is 3.31. The molecule has 0 atom stereocenters. The largest absolute Gasteiger partial charge is 0.340 e. The van der Waals surface area contributed by atoms with E-state index in [4.69, 9.17) is 0 Å². The number of thioether (sulfide) groups is 1. The second-order valence-corrected chi connectivity index (χ2v) is 4.31. The Kier molecular flexibility index (Phi) is 1.88. The lowest BCUT2D eigenvalue weighted by Gasteiger charge is -2.17. The first-order valence-electron chi connectivity index (χ1n) is 4.80. The molecule has 0 amide bonds. The van der Waals surface area contributed by atoms with Crippen molar-refractivity contribution in [2.24, 2.45) is 0 Å².